The molecule has 0 radical (unpaired) electrons. The van der Waals surface area contributed by atoms with Gasteiger partial charge in [-0.05, 0) is 48.4 Å². The third-order valence-electron chi connectivity index (χ3n) is 5.01. The summed E-state index contributed by atoms with van der Waals surface area (Å²) in [5, 5.41) is 9.96. The Kier molecular flexibility index (Phi) is 7.37. The number of nitrogens with zero attached hydrogens (tertiary/aromatic N) is 3. The molecule has 0 spiro atoms. The van der Waals surface area contributed by atoms with E-state index in [0.717, 1.165) is 22.6 Å². The highest BCUT2D eigenvalue weighted by atomic mass is 35.5. The summed E-state index contributed by atoms with van der Waals surface area (Å²) >= 11 is 12.1. The van der Waals surface area contributed by atoms with Crippen molar-refractivity contribution in [3.8, 4) is 17.6 Å². The number of rotatable bonds is 8. The van der Waals surface area contributed by atoms with E-state index in [0.29, 0.717) is 34.6 Å². The van der Waals surface area contributed by atoms with Gasteiger partial charge in [-0.3, -0.25) is 0 Å². The zero-order valence-corrected chi connectivity index (χ0v) is 19.2. The van der Waals surface area contributed by atoms with Crippen LogP contribution in [0.15, 0.2) is 48.7 Å². The van der Waals surface area contributed by atoms with E-state index in [1.54, 1.807) is 6.20 Å². The highest BCUT2D eigenvalue weighted by Crippen LogP contribution is 2.38. The van der Waals surface area contributed by atoms with Gasteiger partial charge in [-0.2, -0.15) is 5.26 Å². The zero-order chi connectivity index (χ0) is 22.4. The molecular weight excluding hydrogens is 433 g/mol. The summed E-state index contributed by atoms with van der Waals surface area (Å²) in [4.78, 5) is 8.43. The minimum Gasteiger partial charge on any atom is -0.489 e. The van der Waals surface area contributed by atoms with Gasteiger partial charge in [0.05, 0.1) is 22.2 Å². The lowest BCUT2D eigenvalue weighted by Crippen LogP contribution is -2.19. The van der Waals surface area contributed by atoms with Crippen molar-refractivity contribution in [2.45, 2.75) is 32.8 Å². The minimum absolute atomic E-state index is 0.286. The number of hydrogen-bond acceptors (Lipinski definition) is 5. The Morgan fingerprint density at radius 2 is 1.81 bits per heavy atom. The molecule has 3 rings (SSSR count). The third-order valence-corrected chi connectivity index (χ3v) is 5.44. The second-order valence-electron chi connectivity index (χ2n) is 7.52. The smallest absolute Gasteiger partial charge is 0.155 e. The first-order valence-electron chi connectivity index (χ1n) is 9.80. The lowest BCUT2D eigenvalue weighted by atomic mass is 9.77. The van der Waals surface area contributed by atoms with Gasteiger partial charge in [-0.25, -0.2) is 9.97 Å². The molecule has 0 aliphatic carbocycles. The maximum Gasteiger partial charge on any atom is 0.155 e. The van der Waals surface area contributed by atoms with Crippen LogP contribution in [0.2, 0.25) is 5.02 Å². The van der Waals surface area contributed by atoms with Crippen molar-refractivity contribution < 1.29 is 9.47 Å². The van der Waals surface area contributed by atoms with Crippen molar-refractivity contribution in [2.24, 2.45) is 0 Å². The first-order chi connectivity index (χ1) is 14.8. The molecule has 0 aliphatic heterocycles. The van der Waals surface area contributed by atoms with Crippen LogP contribution in [0.4, 0.5) is 0 Å². The molecule has 0 atom stereocenters. The van der Waals surface area contributed by atoms with Crippen LogP contribution in [0, 0.1) is 18.3 Å². The van der Waals surface area contributed by atoms with Crippen LogP contribution >= 0.6 is 23.2 Å². The summed E-state index contributed by atoms with van der Waals surface area (Å²) < 4.78 is 11.4. The second-order valence-corrected chi connectivity index (χ2v) is 8.30. The van der Waals surface area contributed by atoms with E-state index in [9.17, 15) is 5.26 Å². The number of aromatic nitrogens is 2. The normalized spacial score (nSPS) is 11.1. The van der Waals surface area contributed by atoms with Crippen molar-refractivity contribution in [3.05, 3.63) is 81.9 Å². The number of halogens is 2. The average Bonchev–Trinajstić information content (AvgIpc) is 2.76. The molecule has 0 amide bonds. The summed E-state index contributed by atoms with van der Waals surface area (Å²) in [7, 11) is 0. The van der Waals surface area contributed by atoms with Gasteiger partial charge < -0.3 is 9.47 Å². The quantitative estimate of drug-likeness (QED) is 0.399. The molecule has 0 saturated heterocycles. The maximum absolute atomic E-state index is 9.56. The van der Waals surface area contributed by atoms with Crippen LogP contribution in [-0.4, -0.2) is 22.5 Å². The Morgan fingerprint density at radius 1 is 1.06 bits per heavy atom. The van der Waals surface area contributed by atoms with Crippen LogP contribution in [0.5, 0.6) is 11.5 Å². The lowest BCUT2D eigenvalue weighted by molar-refractivity contribution is 0.300. The molecule has 7 heteroatoms. The van der Waals surface area contributed by atoms with Crippen molar-refractivity contribution in [2.75, 3.05) is 12.5 Å². The van der Waals surface area contributed by atoms with Crippen LogP contribution < -0.4 is 9.47 Å². The van der Waals surface area contributed by atoms with Crippen LogP contribution in [0.25, 0.3) is 0 Å². The molecule has 31 heavy (non-hydrogen) atoms. The Balaban J connectivity index is 1.80. The Morgan fingerprint density at radius 3 is 2.45 bits per heavy atom. The lowest BCUT2D eigenvalue weighted by Gasteiger charge is -2.27. The summed E-state index contributed by atoms with van der Waals surface area (Å²) in [5.41, 5.74) is 2.81. The highest BCUT2D eigenvalue weighted by Gasteiger charge is 2.26. The topological polar surface area (TPSA) is 68.0 Å². The van der Waals surface area contributed by atoms with Gasteiger partial charge in [0.1, 0.15) is 30.9 Å². The number of nitriles is 1. The molecule has 3 aromatic rings. The maximum atomic E-state index is 9.56. The predicted molar refractivity (Wildman–Crippen MR) is 122 cm³/mol. The molecule has 1 aromatic heterocycles. The fourth-order valence-corrected chi connectivity index (χ4v) is 3.55. The van der Waals surface area contributed by atoms with Gasteiger partial charge in [-0.15, -0.1) is 11.6 Å². The van der Waals surface area contributed by atoms with E-state index in [-0.39, 0.29) is 12.0 Å². The largest absolute Gasteiger partial charge is 0.489 e. The van der Waals surface area contributed by atoms with Gasteiger partial charge in [0.15, 0.2) is 5.75 Å². The molecular formula is C24H23Cl2N3O2. The Hall–Kier alpha value is -2.81. The SMILES string of the molecule is Cc1nccc(COc2ccc(C(C)(C)c3cc(Cl)c(OCCCl)c(C#N)c3)cc2)n1. The summed E-state index contributed by atoms with van der Waals surface area (Å²) in [6.45, 7) is 6.67. The van der Waals surface area contributed by atoms with E-state index < -0.39 is 0 Å². The highest BCUT2D eigenvalue weighted by molar-refractivity contribution is 6.32. The fourth-order valence-electron chi connectivity index (χ4n) is 3.20. The molecule has 160 valence electrons. The number of benzene rings is 2. The van der Waals surface area contributed by atoms with Crippen LogP contribution in [-0.2, 0) is 12.0 Å². The zero-order valence-electron chi connectivity index (χ0n) is 17.7. The van der Waals surface area contributed by atoms with Gasteiger partial charge in [0, 0.05) is 11.6 Å². The van der Waals surface area contributed by atoms with Crippen LogP contribution in [0.1, 0.15) is 42.1 Å². The molecule has 2 aromatic carbocycles. The molecule has 0 fully saturated rings. The summed E-state index contributed by atoms with van der Waals surface area (Å²) in [6.07, 6.45) is 1.72. The van der Waals surface area contributed by atoms with E-state index in [1.165, 1.54) is 0 Å². The molecule has 1 heterocycles. The Bertz CT molecular complexity index is 1090. The van der Waals surface area contributed by atoms with Gasteiger partial charge in [-0.1, -0.05) is 37.6 Å². The van der Waals surface area contributed by atoms with E-state index in [1.807, 2.05) is 49.4 Å². The van der Waals surface area contributed by atoms with E-state index in [4.69, 9.17) is 32.7 Å². The molecule has 0 saturated carbocycles. The van der Waals surface area contributed by atoms with Crippen molar-refractivity contribution in [3.63, 3.8) is 0 Å². The van der Waals surface area contributed by atoms with Gasteiger partial charge >= 0.3 is 0 Å². The Labute approximate surface area is 192 Å². The molecule has 5 nitrogen and oxygen atoms in total. The molecule has 0 bridgehead atoms. The molecule has 0 aliphatic rings. The number of aryl methyl sites for hydroxylation is 1. The average molecular weight is 456 g/mol. The monoisotopic (exact) mass is 455 g/mol. The standard InChI is InChI=1S/C24H23Cl2N3O2/c1-16-28-10-8-20(29-16)15-31-21-6-4-18(5-7-21)24(2,3)19-12-17(14-27)23(22(26)13-19)30-11-9-25/h4-8,10,12-13H,9,11,15H2,1-3H3. The fraction of sp³-hybridized carbons (Fsp3) is 0.292. The predicted octanol–water partition coefficient (Wildman–Crippen LogP) is 5.83. The molecule has 0 N–H and O–H groups in total. The van der Waals surface area contributed by atoms with Gasteiger partial charge in [0.2, 0.25) is 0 Å². The first-order valence-corrected chi connectivity index (χ1v) is 10.7. The van der Waals surface area contributed by atoms with E-state index in [2.05, 4.69) is 29.9 Å². The second kappa shape index (κ2) is 10.00. The van der Waals surface area contributed by atoms with Crippen LogP contribution in [0.3, 0.4) is 0 Å². The minimum atomic E-state index is -0.386. The number of alkyl halides is 1. The first kappa shape index (κ1) is 22.9. The number of ether oxygens (including phenoxy) is 2. The van der Waals surface area contributed by atoms with Gasteiger partial charge in [0.25, 0.3) is 0 Å². The summed E-state index contributed by atoms with van der Waals surface area (Å²) in [6, 6.07) is 15.5. The van der Waals surface area contributed by atoms with Crippen molar-refractivity contribution in [1.82, 2.24) is 9.97 Å². The number of hydrogen-bond donors (Lipinski definition) is 0. The third kappa shape index (κ3) is 5.46. The van der Waals surface area contributed by atoms with Crippen molar-refractivity contribution in [1.29, 1.82) is 5.26 Å². The van der Waals surface area contributed by atoms with Crippen molar-refractivity contribution >= 4 is 23.2 Å². The molecule has 0 unspecified atom stereocenters. The summed E-state index contributed by atoms with van der Waals surface area (Å²) in [5.74, 6) is 2.15. The van der Waals surface area contributed by atoms with E-state index >= 15 is 0 Å².